The van der Waals surface area contributed by atoms with E-state index in [1.807, 2.05) is 0 Å². The van der Waals surface area contributed by atoms with Gasteiger partial charge in [0.25, 0.3) is 0 Å². The zero-order valence-electron chi connectivity index (χ0n) is 8.62. The molecule has 0 unspecified atom stereocenters. The Labute approximate surface area is 89.2 Å². The van der Waals surface area contributed by atoms with Crippen molar-refractivity contribution in [3.05, 3.63) is 58.5 Å². The maximum Gasteiger partial charge on any atom is -0.000776 e. The molecule has 0 heteroatoms. The van der Waals surface area contributed by atoms with Gasteiger partial charge in [-0.1, -0.05) is 48.5 Å². The van der Waals surface area contributed by atoms with Gasteiger partial charge in [-0.3, -0.25) is 0 Å². The van der Waals surface area contributed by atoms with Crippen LogP contribution in [0.5, 0.6) is 0 Å². The van der Waals surface area contributed by atoms with Crippen molar-refractivity contribution in [2.75, 3.05) is 0 Å². The van der Waals surface area contributed by atoms with Crippen LogP contribution in [-0.4, -0.2) is 0 Å². The molecule has 2 aromatic rings. The fraction of sp³-hybridized carbons (Fsp3) is 0.0667. The van der Waals surface area contributed by atoms with E-state index < -0.39 is 0 Å². The van der Waals surface area contributed by atoms with E-state index in [9.17, 15) is 0 Å². The summed E-state index contributed by atoms with van der Waals surface area (Å²) in [4.78, 5) is 0. The average molecular weight is 191 g/mol. The minimum Gasteiger partial charge on any atom is -0.0797 e. The molecule has 2 aromatic carbocycles. The molecule has 0 N–H and O–H groups in total. The maximum atomic E-state index is 3.47. The van der Waals surface area contributed by atoms with Crippen molar-refractivity contribution in [2.45, 2.75) is 6.92 Å². The lowest BCUT2D eigenvalue weighted by Crippen LogP contribution is -2.23. The summed E-state index contributed by atoms with van der Waals surface area (Å²) in [5.74, 6) is 0. The van der Waals surface area contributed by atoms with Crippen LogP contribution in [-0.2, 0) is 0 Å². The van der Waals surface area contributed by atoms with E-state index in [4.69, 9.17) is 0 Å². The summed E-state index contributed by atoms with van der Waals surface area (Å²) in [6.45, 7) is 2.07. The number of rotatable bonds is 0. The highest BCUT2D eigenvalue weighted by Gasteiger charge is 2.10. The highest BCUT2D eigenvalue weighted by atomic mass is 14.1. The Morgan fingerprint density at radius 1 is 0.933 bits per heavy atom. The molecule has 0 atom stereocenters. The highest BCUT2D eigenvalue weighted by Crippen LogP contribution is 2.24. The van der Waals surface area contributed by atoms with Crippen LogP contribution in [0.3, 0.4) is 0 Å². The van der Waals surface area contributed by atoms with Crippen molar-refractivity contribution >= 4 is 12.2 Å². The van der Waals surface area contributed by atoms with Crippen molar-refractivity contribution in [1.29, 1.82) is 0 Å². The minimum absolute atomic E-state index is 1.21. The molecule has 0 saturated heterocycles. The van der Waals surface area contributed by atoms with Crippen LogP contribution in [0.15, 0.2) is 42.5 Å². The molecular formula is C15H11. The molecule has 0 nitrogen and oxygen atoms in total. The lowest BCUT2D eigenvalue weighted by Gasteiger charge is -1.99. The lowest BCUT2D eigenvalue weighted by molar-refractivity contribution is 1.52. The monoisotopic (exact) mass is 191 g/mol. The maximum absolute atomic E-state index is 3.47. The van der Waals surface area contributed by atoms with Gasteiger partial charge in [0.15, 0.2) is 0 Å². The van der Waals surface area contributed by atoms with Gasteiger partial charge in [0, 0.05) is 0 Å². The number of benzene rings is 2. The molecular weight excluding hydrogens is 180 g/mol. The average Bonchev–Trinajstić information content (AvgIpc) is 2.67. The van der Waals surface area contributed by atoms with Gasteiger partial charge in [-0.05, 0) is 40.1 Å². The molecule has 71 valence electrons. The Morgan fingerprint density at radius 2 is 1.73 bits per heavy atom. The van der Waals surface area contributed by atoms with Crippen molar-refractivity contribution in [1.82, 2.24) is 0 Å². The second-order valence-electron chi connectivity index (χ2n) is 3.73. The van der Waals surface area contributed by atoms with Gasteiger partial charge in [-0.25, -0.2) is 0 Å². The van der Waals surface area contributed by atoms with E-state index >= 15 is 0 Å². The van der Waals surface area contributed by atoms with Gasteiger partial charge < -0.3 is 0 Å². The number of fused-ring (bicyclic) bond motifs is 3. The minimum atomic E-state index is 1.21. The molecule has 3 rings (SSSR count). The van der Waals surface area contributed by atoms with Crippen LogP contribution in [0.2, 0.25) is 0 Å². The van der Waals surface area contributed by atoms with Gasteiger partial charge >= 0.3 is 0 Å². The lowest BCUT2D eigenvalue weighted by atomic mass is 10.0. The fourth-order valence-corrected chi connectivity index (χ4v) is 2.14. The van der Waals surface area contributed by atoms with E-state index in [-0.39, 0.29) is 0 Å². The van der Waals surface area contributed by atoms with Crippen LogP contribution in [0.4, 0.5) is 0 Å². The number of hydrogen-bond donors (Lipinski definition) is 0. The topological polar surface area (TPSA) is 0 Å². The quantitative estimate of drug-likeness (QED) is 0.511. The Hall–Kier alpha value is -1.82. The van der Waals surface area contributed by atoms with Gasteiger partial charge in [0.05, 0.1) is 0 Å². The van der Waals surface area contributed by atoms with E-state index in [0.717, 1.165) is 0 Å². The Morgan fingerprint density at radius 3 is 2.60 bits per heavy atom. The van der Waals surface area contributed by atoms with Crippen LogP contribution < -0.4 is 10.4 Å². The summed E-state index contributed by atoms with van der Waals surface area (Å²) in [7, 11) is 0. The molecule has 0 aromatic heterocycles. The summed E-state index contributed by atoms with van der Waals surface area (Å²) in [6.07, 6.45) is 5.60. The summed E-state index contributed by atoms with van der Waals surface area (Å²) in [5.41, 5.74) is 3.82. The predicted octanol–water partition coefficient (Wildman–Crippen LogP) is 2.17. The molecule has 0 saturated carbocycles. The predicted molar refractivity (Wildman–Crippen MR) is 63.8 cm³/mol. The second-order valence-corrected chi connectivity index (χ2v) is 3.73. The summed E-state index contributed by atoms with van der Waals surface area (Å²) < 4.78 is 0. The van der Waals surface area contributed by atoms with Crippen molar-refractivity contribution < 1.29 is 0 Å². The van der Waals surface area contributed by atoms with Gasteiger partial charge in [-0.15, -0.1) is 0 Å². The molecule has 1 radical (unpaired) electrons. The van der Waals surface area contributed by atoms with Crippen molar-refractivity contribution in [2.24, 2.45) is 0 Å². The summed E-state index contributed by atoms with van der Waals surface area (Å²) in [6, 6.07) is 14.8. The smallest absolute Gasteiger partial charge is 0.000776 e. The third kappa shape index (κ3) is 1.15. The molecule has 1 aliphatic carbocycles. The molecule has 0 amide bonds. The molecule has 15 heavy (non-hydrogen) atoms. The fourth-order valence-electron chi connectivity index (χ4n) is 2.14. The Balaban J connectivity index is 2.48. The third-order valence-corrected chi connectivity index (χ3v) is 2.88. The SMILES string of the molecule is CC=c1cccc2c1=[C]c1ccccc1-2. The summed E-state index contributed by atoms with van der Waals surface area (Å²) >= 11 is 0. The van der Waals surface area contributed by atoms with Gasteiger partial charge in [-0.2, -0.15) is 0 Å². The Bertz CT molecular complexity index is 633. The molecule has 0 fully saturated rings. The van der Waals surface area contributed by atoms with E-state index in [1.54, 1.807) is 0 Å². The highest BCUT2D eigenvalue weighted by molar-refractivity contribution is 5.82. The first-order chi connectivity index (χ1) is 7.40. The largest absolute Gasteiger partial charge is 0.0797 e. The van der Waals surface area contributed by atoms with E-state index in [0.29, 0.717) is 0 Å². The van der Waals surface area contributed by atoms with Crippen molar-refractivity contribution in [3.8, 4) is 11.1 Å². The molecule has 0 aliphatic heterocycles. The third-order valence-electron chi connectivity index (χ3n) is 2.88. The van der Waals surface area contributed by atoms with Crippen LogP contribution >= 0.6 is 0 Å². The van der Waals surface area contributed by atoms with E-state index in [2.05, 4.69) is 61.5 Å². The first-order valence-corrected chi connectivity index (χ1v) is 5.19. The zero-order valence-corrected chi connectivity index (χ0v) is 8.62. The molecule has 0 spiro atoms. The number of hydrogen-bond acceptors (Lipinski definition) is 0. The van der Waals surface area contributed by atoms with Gasteiger partial charge in [0.2, 0.25) is 0 Å². The second kappa shape index (κ2) is 3.09. The van der Waals surface area contributed by atoms with Crippen LogP contribution in [0.1, 0.15) is 12.5 Å². The first-order valence-electron chi connectivity index (χ1n) is 5.19. The van der Waals surface area contributed by atoms with Crippen LogP contribution in [0.25, 0.3) is 23.3 Å². The standard InChI is InChI=1S/C15H11/c1-2-11-7-5-9-14-13-8-4-3-6-12(13)10-15(11)14/h2-9H,1H3. The van der Waals surface area contributed by atoms with E-state index in [1.165, 1.54) is 27.1 Å². The first kappa shape index (κ1) is 8.49. The van der Waals surface area contributed by atoms with Crippen molar-refractivity contribution in [3.63, 3.8) is 0 Å². The van der Waals surface area contributed by atoms with Gasteiger partial charge in [0.1, 0.15) is 0 Å². The summed E-state index contributed by atoms with van der Waals surface area (Å²) in [5, 5.41) is 2.50. The van der Waals surface area contributed by atoms with Crippen LogP contribution in [0, 0.1) is 0 Å². The molecule has 1 aliphatic rings. The zero-order chi connectivity index (χ0) is 10.3. The Kier molecular flexibility index (Phi) is 1.75. The normalized spacial score (nSPS) is 13.3. The molecule has 0 heterocycles. The molecule has 0 bridgehead atoms.